The summed E-state index contributed by atoms with van der Waals surface area (Å²) in [5.74, 6) is 0.347. The van der Waals surface area contributed by atoms with Crippen LogP contribution in [0.4, 0.5) is 5.82 Å². The van der Waals surface area contributed by atoms with E-state index in [2.05, 4.69) is 15.6 Å². The molecule has 102 valence electrons. The summed E-state index contributed by atoms with van der Waals surface area (Å²) in [6, 6.07) is 3.65. The Kier molecular flexibility index (Phi) is 4.49. The maximum Gasteiger partial charge on any atom is 0.244 e. The predicted octanol–water partition coefficient (Wildman–Crippen LogP) is 1.63. The average Bonchev–Trinajstić information content (AvgIpc) is 2.90. The highest BCUT2D eigenvalue weighted by atomic mass is 16.2. The molecule has 1 aromatic rings. The molecule has 0 aromatic carbocycles. The molecule has 0 unspecified atom stereocenters. The quantitative estimate of drug-likeness (QED) is 0.865. The topological polar surface area (TPSA) is 71.1 Å². The number of hydrogen-bond donors (Lipinski definition) is 2. The number of nitrogens with zero attached hydrogens (tertiary/aromatic N) is 1. The third-order valence-electron chi connectivity index (χ3n) is 3.33. The van der Waals surface area contributed by atoms with Crippen molar-refractivity contribution in [2.24, 2.45) is 5.92 Å². The number of anilines is 1. The Morgan fingerprint density at radius 1 is 1.37 bits per heavy atom. The van der Waals surface area contributed by atoms with Gasteiger partial charge >= 0.3 is 0 Å². The molecule has 5 heteroatoms. The van der Waals surface area contributed by atoms with Gasteiger partial charge in [-0.15, -0.1) is 0 Å². The normalized spacial score (nSPS) is 15.2. The Morgan fingerprint density at radius 3 is 2.79 bits per heavy atom. The van der Waals surface area contributed by atoms with Crippen molar-refractivity contribution in [2.45, 2.75) is 32.6 Å². The van der Waals surface area contributed by atoms with Gasteiger partial charge in [0.1, 0.15) is 5.82 Å². The first kappa shape index (κ1) is 13.5. The standard InChI is InChI=1S/C14H19N3O2/c1-10-6-7-15-12(8-10)17-13(18)9-16-14(19)11-4-2-3-5-11/h6-8,11H,2-5,9H2,1H3,(H,16,19)(H,15,17,18). The molecule has 1 aliphatic rings. The van der Waals surface area contributed by atoms with Crippen LogP contribution in [0.25, 0.3) is 0 Å². The van der Waals surface area contributed by atoms with E-state index >= 15 is 0 Å². The fourth-order valence-corrected chi connectivity index (χ4v) is 2.29. The van der Waals surface area contributed by atoms with Crippen LogP contribution in [0.5, 0.6) is 0 Å². The van der Waals surface area contributed by atoms with E-state index in [1.165, 1.54) is 0 Å². The zero-order valence-electron chi connectivity index (χ0n) is 11.1. The molecule has 1 heterocycles. The third kappa shape index (κ3) is 4.05. The fraction of sp³-hybridized carbons (Fsp3) is 0.500. The SMILES string of the molecule is Cc1ccnc(NC(=O)CNC(=O)C2CCCC2)c1. The van der Waals surface area contributed by atoms with Crippen molar-refractivity contribution < 1.29 is 9.59 Å². The second-order valence-electron chi connectivity index (χ2n) is 4.97. The molecule has 1 fully saturated rings. The zero-order valence-corrected chi connectivity index (χ0v) is 11.1. The van der Waals surface area contributed by atoms with Crippen LogP contribution in [0.15, 0.2) is 18.3 Å². The average molecular weight is 261 g/mol. The van der Waals surface area contributed by atoms with E-state index in [0.29, 0.717) is 5.82 Å². The maximum atomic E-state index is 11.7. The summed E-state index contributed by atoms with van der Waals surface area (Å²) in [5, 5.41) is 5.34. The maximum absolute atomic E-state index is 11.7. The summed E-state index contributed by atoms with van der Waals surface area (Å²) in [5.41, 5.74) is 1.03. The number of aromatic nitrogens is 1. The van der Waals surface area contributed by atoms with E-state index in [1.54, 1.807) is 12.3 Å². The summed E-state index contributed by atoms with van der Waals surface area (Å²) < 4.78 is 0. The van der Waals surface area contributed by atoms with E-state index < -0.39 is 0 Å². The van der Waals surface area contributed by atoms with E-state index in [1.807, 2.05) is 13.0 Å². The second kappa shape index (κ2) is 6.31. The Balaban J connectivity index is 1.76. The summed E-state index contributed by atoms with van der Waals surface area (Å²) in [4.78, 5) is 27.5. The highest BCUT2D eigenvalue weighted by Gasteiger charge is 2.22. The molecule has 5 nitrogen and oxygen atoms in total. The number of rotatable bonds is 4. The van der Waals surface area contributed by atoms with Crippen LogP contribution in [-0.4, -0.2) is 23.3 Å². The monoisotopic (exact) mass is 261 g/mol. The van der Waals surface area contributed by atoms with Crippen LogP contribution in [-0.2, 0) is 9.59 Å². The molecule has 0 atom stereocenters. The predicted molar refractivity (Wildman–Crippen MR) is 72.6 cm³/mol. The van der Waals surface area contributed by atoms with Gasteiger partial charge in [-0.2, -0.15) is 0 Å². The molecule has 19 heavy (non-hydrogen) atoms. The molecule has 0 bridgehead atoms. The van der Waals surface area contributed by atoms with Gasteiger partial charge in [-0.25, -0.2) is 4.98 Å². The van der Waals surface area contributed by atoms with Gasteiger partial charge in [0.2, 0.25) is 11.8 Å². The third-order valence-corrected chi connectivity index (χ3v) is 3.33. The van der Waals surface area contributed by atoms with Gasteiger partial charge in [-0.3, -0.25) is 9.59 Å². The minimum Gasteiger partial charge on any atom is -0.347 e. The summed E-state index contributed by atoms with van der Waals surface area (Å²) >= 11 is 0. The van der Waals surface area contributed by atoms with Gasteiger partial charge in [0.15, 0.2) is 0 Å². The first-order valence-corrected chi connectivity index (χ1v) is 6.65. The van der Waals surface area contributed by atoms with Gasteiger partial charge in [-0.05, 0) is 37.5 Å². The van der Waals surface area contributed by atoms with E-state index in [-0.39, 0.29) is 24.3 Å². The zero-order chi connectivity index (χ0) is 13.7. The summed E-state index contributed by atoms with van der Waals surface area (Å²) in [6.45, 7) is 1.93. The Labute approximate surface area is 112 Å². The van der Waals surface area contributed by atoms with Crippen LogP contribution in [0.2, 0.25) is 0 Å². The summed E-state index contributed by atoms with van der Waals surface area (Å²) in [7, 11) is 0. The molecule has 2 N–H and O–H groups in total. The van der Waals surface area contributed by atoms with E-state index in [4.69, 9.17) is 0 Å². The van der Waals surface area contributed by atoms with Crippen LogP contribution in [0, 0.1) is 12.8 Å². The number of carbonyl (C=O) groups excluding carboxylic acids is 2. The molecule has 0 radical (unpaired) electrons. The van der Waals surface area contributed by atoms with Gasteiger partial charge < -0.3 is 10.6 Å². The molecule has 0 saturated heterocycles. The van der Waals surface area contributed by atoms with Crippen LogP contribution < -0.4 is 10.6 Å². The summed E-state index contributed by atoms with van der Waals surface area (Å²) in [6.07, 6.45) is 5.73. The molecular weight excluding hydrogens is 242 g/mol. The van der Waals surface area contributed by atoms with Crippen molar-refractivity contribution in [3.8, 4) is 0 Å². The lowest BCUT2D eigenvalue weighted by Gasteiger charge is -2.10. The molecule has 1 saturated carbocycles. The van der Waals surface area contributed by atoms with E-state index in [9.17, 15) is 9.59 Å². The molecule has 2 amide bonds. The van der Waals surface area contributed by atoms with Crippen molar-refractivity contribution in [2.75, 3.05) is 11.9 Å². The highest BCUT2D eigenvalue weighted by Crippen LogP contribution is 2.24. The van der Waals surface area contributed by atoms with E-state index in [0.717, 1.165) is 31.2 Å². The molecule has 0 aliphatic heterocycles. The molecule has 2 rings (SSSR count). The van der Waals surface area contributed by atoms with Crippen LogP contribution >= 0.6 is 0 Å². The fourth-order valence-electron chi connectivity index (χ4n) is 2.29. The molecule has 0 spiro atoms. The van der Waals surface area contributed by atoms with Crippen LogP contribution in [0.1, 0.15) is 31.2 Å². The Hall–Kier alpha value is -1.91. The van der Waals surface area contributed by atoms with Crippen molar-refractivity contribution >= 4 is 17.6 Å². The van der Waals surface area contributed by atoms with Gasteiger partial charge in [-0.1, -0.05) is 12.8 Å². The number of pyridine rings is 1. The Bertz CT molecular complexity index is 468. The smallest absolute Gasteiger partial charge is 0.244 e. The number of aryl methyl sites for hydroxylation is 1. The second-order valence-corrected chi connectivity index (χ2v) is 4.97. The minimum atomic E-state index is -0.246. The van der Waals surface area contributed by atoms with Crippen molar-refractivity contribution in [3.63, 3.8) is 0 Å². The number of amides is 2. The highest BCUT2D eigenvalue weighted by molar-refractivity contribution is 5.94. The lowest BCUT2D eigenvalue weighted by atomic mass is 10.1. The lowest BCUT2D eigenvalue weighted by Crippen LogP contribution is -2.36. The molecule has 1 aliphatic carbocycles. The van der Waals surface area contributed by atoms with Gasteiger partial charge in [0.05, 0.1) is 6.54 Å². The largest absolute Gasteiger partial charge is 0.347 e. The minimum absolute atomic E-state index is 0.00492. The van der Waals surface area contributed by atoms with Gasteiger partial charge in [0, 0.05) is 12.1 Å². The van der Waals surface area contributed by atoms with Crippen molar-refractivity contribution in [1.82, 2.24) is 10.3 Å². The number of hydrogen-bond acceptors (Lipinski definition) is 3. The van der Waals surface area contributed by atoms with Crippen LogP contribution in [0.3, 0.4) is 0 Å². The molecular formula is C14H19N3O2. The number of nitrogens with one attached hydrogen (secondary N) is 2. The lowest BCUT2D eigenvalue weighted by molar-refractivity contribution is -0.127. The number of carbonyl (C=O) groups is 2. The Morgan fingerprint density at radius 2 is 2.11 bits per heavy atom. The van der Waals surface area contributed by atoms with Crippen molar-refractivity contribution in [1.29, 1.82) is 0 Å². The van der Waals surface area contributed by atoms with Gasteiger partial charge in [0.25, 0.3) is 0 Å². The first-order chi connectivity index (χ1) is 9.15. The molecule has 1 aromatic heterocycles. The first-order valence-electron chi connectivity index (χ1n) is 6.65. The van der Waals surface area contributed by atoms with Crippen molar-refractivity contribution in [3.05, 3.63) is 23.9 Å².